The normalized spacial score (nSPS) is 18.4. The number of carbonyl (C=O) groups excluding carboxylic acids is 1. The van der Waals surface area contributed by atoms with E-state index >= 15 is 0 Å². The Morgan fingerprint density at radius 3 is 2.43 bits per heavy atom. The van der Waals surface area contributed by atoms with Gasteiger partial charge in [-0.3, -0.25) is 4.79 Å². The number of rotatable bonds is 2. The van der Waals surface area contributed by atoms with Gasteiger partial charge in [-0.1, -0.05) is 18.2 Å². The zero-order valence-corrected chi connectivity index (χ0v) is 13.1. The fraction of sp³-hybridized carbons (Fsp3) is 0.214. The van der Waals surface area contributed by atoms with E-state index in [-0.39, 0.29) is 20.4 Å². The van der Waals surface area contributed by atoms with Crippen LogP contribution >= 0.6 is 11.3 Å². The van der Waals surface area contributed by atoms with Gasteiger partial charge in [-0.2, -0.15) is 13.2 Å². The lowest BCUT2D eigenvalue weighted by Crippen LogP contribution is -2.31. The quantitative estimate of drug-likeness (QED) is 0.889. The smallest absolute Gasteiger partial charge is 0.324 e. The van der Waals surface area contributed by atoms with Crippen molar-refractivity contribution in [1.82, 2.24) is 0 Å². The van der Waals surface area contributed by atoms with Gasteiger partial charge in [-0.25, -0.2) is 8.42 Å². The minimum Gasteiger partial charge on any atom is -0.324 e. The third-order valence-electron chi connectivity index (χ3n) is 3.49. The van der Waals surface area contributed by atoms with Gasteiger partial charge in [-0.15, -0.1) is 11.3 Å². The van der Waals surface area contributed by atoms with Crippen LogP contribution in [0.2, 0.25) is 0 Å². The summed E-state index contributed by atoms with van der Waals surface area (Å²) in [5.41, 5.74) is -0.252. The molecule has 0 aliphatic carbocycles. The Morgan fingerprint density at radius 1 is 1.17 bits per heavy atom. The largest absolute Gasteiger partial charge is 0.397 e. The molecule has 122 valence electrons. The van der Waals surface area contributed by atoms with Gasteiger partial charge < -0.3 is 5.32 Å². The van der Waals surface area contributed by atoms with E-state index in [1.54, 1.807) is 6.07 Å². The highest BCUT2D eigenvalue weighted by Gasteiger charge is 2.47. The first-order chi connectivity index (χ1) is 10.7. The molecule has 0 saturated heterocycles. The molecule has 0 unspecified atom stereocenters. The third kappa shape index (κ3) is 2.74. The molecule has 23 heavy (non-hydrogen) atoms. The van der Waals surface area contributed by atoms with E-state index in [1.807, 2.05) is 0 Å². The zero-order chi connectivity index (χ0) is 16.8. The Morgan fingerprint density at radius 2 is 1.83 bits per heavy atom. The van der Waals surface area contributed by atoms with Gasteiger partial charge in [0.05, 0.1) is 10.6 Å². The predicted molar refractivity (Wildman–Crippen MR) is 78.3 cm³/mol. The van der Waals surface area contributed by atoms with Crippen LogP contribution in [0.4, 0.5) is 18.9 Å². The molecule has 2 aromatic rings. The maximum absolute atomic E-state index is 13.1. The average molecular weight is 361 g/mol. The number of alkyl halides is 3. The van der Waals surface area contributed by atoms with E-state index in [2.05, 4.69) is 5.32 Å². The maximum Gasteiger partial charge on any atom is 0.397 e. The Kier molecular flexibility index (Phi) is 3.72. The molecular weight excluding hydrogens is 351 g/mol. The Hall–Kier alpha value is -1.87. The topological polar surface area (TPSA) is 63.2 Å². The molecule has 1 aromatic heterocycles. The molecule has 1 N–H and O–H groups in total. The molecule has 1 aliphatic heterocycles. The second-order valence-corrected chi connectivity index (χ2v) is 7.83. The van der Waals surface area contributed by atoms with Gasteiger partial charge in [0.25, 0.3) is 0 Å². The predicted octanol–water partition coefficient (Wildman–Crippen LogP) is 3.57. The number of sulfone groups is 1. The molecule has 1 aromatic carbocycles. The van der Waals surface area contributed by atoms with E-state index in [9.17, 15) is 26.4 Å². The van der Waals surface area contributed by atoms with Crippen molar-refractivity contribution in [3.8, 4) is 0 Å². The van der Waals surface area contributed by atoms with Crippen molar-refractivity contribution >= 4 is 32.8 Å². The lowest BCUT2D eigenvalue weighted by atomic mass is 9.98. The minimum atomic E-state index is -4.61. The van der Waals surface area contributed by atoms with Crippen LogP contribution in [0.5, 0.6) is 0 Å². The number of hydrogen-bond donors (Lipinski definition) is 1. The van der Waals surface area contributed by atoms with Crippen LogP contribution in [0.25, 0.3) is 0 Å². The summed E-state index contributed by atoms with van der Waals surface area (Å²) in [6.07, 6.45) is -5.34. The lowest BCUT2D eigenvalue weighted by molar-refractivity contribution is -0.156. The number of hydrogen-bond acceptors (Lipinski definition) is 4. The van der Waals surface area contributed by atoms with Crippen LogP contribution in [0.3, 0.4) is 0 Å². The second kappa shape index (κ2) is 5.34. The molecule has 2 heterocycles. The Bertz CT molecular complexity index is 857. The van der Waals surface area contributed by atoms with Crippen LogP contribution in [0, 0.1) is 0 Å². The Labute approximate surface area is 133 Å². The highest BCUT2D eigenvalue weighted by Crippen LogP contribution is 2.49. The summed E-state index contributed by atoms with van der Waals surface area (Å²) in [7, 11) is -4.00. The summed E-state index contributed by atoms with van der Waals surface area (Å²) in [4.78, 5) is 11.1. The van der Waals surface area contributed by atoms with E-state index < -0.39 is 34.3 Å². The van der Waals surface area contributed by atoms with Gasteiger partial charge in [0.1, 0.15) is 10.8 Å². The lowest BCUT2D eigenvalue weighted by Gasteiger charge is -2.25. The number of anilines is 1. The van der Waals surface area contributed by atoms with Crippen LogP contribution in [-0.4, -0.2) is 20.5 Å². The number of carbonyl (C=O) groups is 1. The third-order valence-corrected chi connectivity index (χ3v) is 6.53. The van der Waals surface area contributed by atoms with Crippen LogP contribution in [-0.2, 0) is 14.6 Å². The highest BCUT2D eigenvalue weighted by atomic mass is 32.2. The van der Waals surface area contributed by atoms with Crippen LogP contribution in [0.1, 0.15) is 17.2 Å². The summed E-state index contributed by atoms with van der Waals surface area (Å²) in [6.45, 7) is 0. The SMILES string of the molecule is O=C1C[C@H](C(F)(F)F)c2scc(S(=O)(=O)c3ccccc3)c2N1. The van der Waals surface area contributed by atoms with Crippen molar-refractivity contribution in [3.05, 3.63) is 40.6 Å². The van der Waals surface area contributed by atoms with Gasteiger partial charge in [0.15, 0.2) is 0 Å². The molecule has 0 saturated carbocycles. The van der Waals surface area contributed by atoms with Gasteiger partial charge >= 0.3 is 6.18 Å². The molecule has 9 heteroatoms. The molecule has 0 bridgehead atoms. The zero-order valence-electron chi connectivity index (χ0n) is 11.4. The number of amides is 1. The molecule has 0 spiro atoms. The van der Waals surface area contributed by atoms with E-state index in [1.165, 1.54) is 24.3 Å². The first-order valence-corrected chi connectivity index (χ1v) is 8.85. The van der Waals surface area contributed by atoms with E-state index in [0.717, 1.165) is 5.38 Å². The maximum atomic E-state index is 13.1. The standard InChI is InChI=1S/C14H10F3NO3S2/c15-14(16,17)9-6-11(19)18-12-10(7-22-13(9)12)23(20,21)8-4-2-1-3-5-8/h1-5,7,9H,6H2,(H,18,19)/t9-/m0/s1. The number of halogens is 3. The monoisotopic (exact) mass is 361 g/mol. The first kappa shape index (κ1) is 16.0. The molecule has 1 amide bonds. The number of thiophene rings is 1. The van der Waals surface area contributed by atoms with Crippen molar-refractivity contribution in [2.45, 2.75) is 28.3 Å². The number of fused-ring (bicyclic) bond motifs is 1. The molecular formula is C14H10F3NO3S2. The molecule has 3 rings (SSSR count). The highest BCUT2D eigenvalue weighted by molar-refractivity contribution is 7.91. The molecule has 4 nitrogen and oxygen atoms in total. The molecule has 0 radical (unpaired) electrons. The molecule has 0 fully saturated rings. The van der Waals surface area contributed by atoms with Crippen LogP contribution < -0.4 is 5.32 Å². The summed E-state index contributed by atoms with van der Waals surface area (Å²) < 4.78 is 64.5. The van der Waals surface area contributed by atoms with Crippen molar-refractivity contribution < 1.29 is 26.4 Å². The average Bonchev–Trinajstić information content (AvgIpc) is 2.90. The van der Waals surface area contributed by atoms with Crippen LogP contribution in [0.15, 0.2) is 45.5 Å². The van der Waals surface area contributed by atoms with E-state index in [0.29, 0.717) is 11.3 Å². The number of nitrogens with one attached hydrogen (secondary N) is 1. The molecule has 1 atom stereocenters. The fourth-order valence-corrected chi connectivity index (χ4v) is 5.32. The fourth-order valence-electron chi connectivity index (χ4n) is 2.39. The van der Waals surface area contributed by atoms with E-state index in [4.69, 9.17) is 0 Å². The Balaban J connectivity index is 2.15. The van der Waals surface area contributed by atoms with Gasteiger partial charge in [0.2, 0.25) is 15.7 Å². The first-order valence-electron chi connectivity index (χ1n) is 6.49. The van der Waals surface area contributed by atoms with Crippen molar-refractivity contribution in [2.24, 2.45) is 0 Å². The summed E-state index contributed by atoms with van der Waals surface area (Å²) in [5.74, 6) is -2.82. The van der Waals surface area contributed by atoms with Crippen molar-refractivity contribution in [2.75, 3.05) is 5.32 Å². The summed E-state index contributed by atoms with van der Waals surface area (Å²) in [5, 5.41) is 3.43. The second-order valence-electron chi connectivity index (χ2n) is 5.00. The minimum absolute atomic E-state index is 0.0380. The van der Waals surface area contributed by atoms with Crippen molar-refractivity contribution in [1.29, 1.82) is 0 Å². The summed E-state index contributed by atoms with van der Waals surface area (Å²) >= 11 is 0.697. The summed E-state index contributed by atoms with van der Waals surface area (Å²) in [6, 6.07) is 7.37. The molecule has 1 aliphatic rings. The number of benzene rings is 1. The van der Waals surface area contributed by atoms with Gasteiger partial charge in [0, 0.05) is 16.7 Å². The van der Waals surface area contributed by atoms with Crippen molar-refractivity contribution in [3.63, 3.8) is 0 Å². The van der Waals surface area contributed by atoms with Gasteiger partial charge in [-0.05, 0) is 12.1 Å².